The fourth-order valence-electron chi connectivity index (χ4n) is 2.18. The first-order chi connectivity index (χ1) is 8.13. The summed E-state index contributed by atoms with van der Waals surface area (Å²) in [5, 5.41) is 3.35. The molecule has 0 unspecified atom stereocenters. The van der Waals surface area contributed by atoms with Crippen LogP contribution < -0.4 is 5.32 Å². The Morgan fingerprint density at radius 2 is 2.12 bits per heavy atom. The predicted octanol–water partition coefficient (Wildman–Crippen LogP) is 2.41. The molecule has 100 valence electrons. The molecule has 0 aromatic heterocycles. The molecule has 0 saturated heterocycles. The number of carbonyl (C=O) groups excluding carboxylic acids is 1. The van der Waals surface area contributed by atoms with Crippen LogP contribution in [0.2, 0.25) is 0 Å². The van der Waals surface area contributed by atoms with Gasteiger partial charge in [0.05, 0.1) is 0 Å². The van der Waals surface area contributed by atoms with Crippen LogP contribution in [0, 0.1) is 5.92 Å². The van der Waals surface area contributed by atoms with Gasteiger partial charge in [0.2, 0.25) is 5.91 Å². The van der Waals surface area contributed by atoms with Crippen LogP contribution in [0.4, 0.5) is 0 Å². The van der Waals surface area contributed by atoms with Gasteiger partial charge in [0.15, 0.2) is 0 Å². The highest BCUT2D eigenvalue weighted by Gasteiger charge is 2.22. The molecular weight excluding hydrogens is 212 g/mol. The molecule has 3 nitrogen and oxygen atoms in total. The van der Waals surface area contributed by atoms with Crippen molar-refractivity contribution in [1.29, 1.82) is 0 Å². The zero-order valence-corrected chi connectivity index (χ0v) is 11.7. The van der Waals surface area contributed by atoms with Crippen molar-refractivity contribution in [2.75, 3.05) is 19.6 Å². The van der Waals surface area contributed by atoms with Crippen LogP contribution in [0.5, 0.6) is 0 Å². The first kappa shape index (κ1) is 14.5. The lowest BCUT2D eigenvalue weighted by Gasteiger charge is -2.31. The molecule has 0 aromatic carbocycles. The monoisotopic (exact) mass is 240 g/mol. The number of nitrogens with one attached hydrogen (secondary N) is 1. The van der Waals surface area contributed by atoms with Gasteiger partial charge in [-0.2, -0.15) is 0 Å². The molecule has 17 heavy (non-hydrogen) atoms. The maximum Gasteiger partial charge on any atom is 0.222 e. The summed E-state index contributed by atoms with van der Waals surface area (Å²) in [7, 11) is 0. The van der Waals surface area contributed by atoms with Crippen molar-refractivity contribution in [3.05, 3.63) is 0 Å². The molecular formula is C14H28N2O. The van der Waals surface area contributed by atoms with Crippen LogP contribution in [0.15, 0.2) is 0 Å². The zero-order chi connectivity index (χ0) is 12.7. The minimum atomic E-state index is 0.338. The van der Waals surface area contributed by atoms with Crippen molar-refractivity contribution < 1.29 is 4.79 Å². The van der Waals surface area contributed by atoms with E-state index in [-0.39, 0.29) is 0 Å². The summed E-state index contributed by atoms with van der Waals surface area (Å²) in [5.41, 5.74) is 0. The van der Waals surface area contributed by atoms with Crippen molar-refractivity contribution >= 4 is 5.91 Å². The molecule has 1 aliphatic carbocycles. The fourth-order valence-corrected chi connectivity index (χ4v) is 2.18. The standard InChI is InChI=1S/C14H28N2O/c1-4-16(11-13-7-5-8-13)14(17)9-6-10-15-12(2)3/h12-13,15H,4-11H2,1-3H3. The second-order valence-corrected chi connectivity index (χ2v) is 5.44. The van der Waals surface area contributed by atoms with Crippen LogP contribution >= 0.6 is 0 Å². The minimum Gasteiger partial charge on any atom is -0.343 e. The van der Waals surface area contributed by atoms with Crippen LogP contribution in [0.25, 0.3) is 0 Å². The molecule has 3 heteroatoms. The van der Waals surface area contributed by atoms with Crippen molar-refractivity contribution in [1.82, 2.24) is 10.2 Å². The quantitative estimate of drug-likeness (QED) is 0.661. The van der Waals surface area contributed by atoms with Crippen LogP contribution in [0.1, 0.15) is 52.9 Å². The first-order valence-electron chi connectivity index (χ1n) is 7.14. The Kier molecular flexibility index (Phi) is 6.56. The van der Waals surface area contributed by atoms with Gasteiger partial charge in [0.1, 0.15) is 0 Å². The van der Waals surface area contributed by atoms with Crippen LogP contribution in [-0.4, -0.2) is 36.5 Å². The lowest BCUT2D eigenvalue weighted by Crippen LogP contribution is -2.37. The lowest BCUT2D eigenvalue weighted by molar-refractivity contribution is -0.132. The van der Waals surface area contributed by atoms with Crippen molar-refractivity contribution in [2.24, 2.45) is 5.92 Å². The molecule has 1 amide bonds. The molecule has 1 fully saturated rings. The number of hydrogen-bond donors (Lipinski definition) is 1. The van der Waals surface area contributed by atoms with E-state index in [1.54, 1.807) is 0 Å². The zero-order valence-electron chi connectivity index (χ0n) is 11.7. The Bertz CT molecular complexity index is 224. The molecule has 1 rings (SSSR count). The number of rotatable bonds is 8. The normalized spacial score (nSPS) is 16.0. The van der Waals surface area contributed by atoms with E-state index in [0.29, 0.717) is 18.4 Å². The van der Waals surface area contributed by atoms with E-state index >= 15 is 0 Å². The molecule has 0 heterocycles. The van der Waals surface area contributed by atoms with Gasteiger partial charge < -0.3 is 10.2 Å². The predicted molar refractivity (Wildman–Crippen MR) is 72.0 cm³/mol. The van der Waals surface area contributed by atoms with Gasteiger partial charge in [-0.15, -0.1) is 0 Å². The van der Waals surface area contributed by atoms with E-state index in [9.17, 15) is 4.79 Å². The molecule has 0 bridgehead atoms. The maximum absolute atomic E-state index is 12.0. The average molecular weight is 240 g/mol. The van der Waals surface area contributed by atoms with Crippen molar-refractivity contribution in [3.8, 4) is 0 Å². The Balaban J connectivity index is 2.14. The fraction of sp³-hybridized carbons (Fsp3) is 0.929. The van der Waals surface area contributed by atoms with Crippen molar-refractivity contribution in [3.63, 3.8) is 0 Å². The van der Waals surface area contributed by atoms with Gasteiger partial charge in [-0.05, 0) is 38.6 Å². The molecule has 0 atom stereocenters. The summed E-state index contributed by atoms with van der Waals surface area (Å²) >= 11 is 0. The summed E-state index contributed by atoms with van der Waals surface area (Å²) < 4.78 is 0. The lowest BCUT2D eigenvalue weighted by atomic mass is 9.85. The highest BCUT2D eigenvalue weighted by atomic mass is 16.2. The first-order valence-corrected chi connectivity index (χ1v) is 7.14. The molecule has 0 aliphatic heterocycles. The van der Waals surface area contributed by atoms with Gasteiger partial charge in [-0.3, -0.25) is 4.79 Å². The number of carbonyl (C=O) groups is 1. The van der Waals surface area contributed by atoms with E-state index in [1.807, 2.05) is 4.90 Å². The van der Waals surface area contributed by atoms with E-state index in [0.717, 1.165) is 32.0 Å². The molecule has 0 spiro atoms. The summed E-state index contributed by atoms with van der Waals surface area (Å²) in [4.78, 5) is 14.0. The minimum absolute atomic E-state index is 0.338. The Morgan fingerprint density at radius 3 is 2.59 bits per heavy atom. The van der Waals surface area contributed by atoms with E-state index in [1.165, 1.54) is 19.3 Å². The number of nitrogens with zero attached hydrogens (tertiary/aromatic N) is 1. The third-order valence-electron chi connectivity index (χ3n) is 3.56. The van der Waals surface area contributed by atoms with Gasteiger partial charge in [0.25, 0.3) is 0 Å². The SMILES string of the molecule is CCN(CC1CCC1)C(=O)CCCNC(C)C. The third-order valence-corrected chi connectivity index (χ3v) is 3.56. The Labute approximate surface area is 106 Å². The van der Waals surface area contributed by atoms with Gasteiger partial charge >= 0.3 is 0 Å². The van der Waals surface area contributed by atoms with Gasteiger partial charge in [-0.1, -0.05) is 20.3 Å². The van der Waals surface area contributed by atoms with E-state index in [4.69, 9.17) is 0 Å². The highest BCUT2D eigenvalue weighted by molar-refractivity contribution is 5.76. The molecule has 1 N–H and O–H groups in total. The molecule has 0 radical (unpaired) electrons. The van der Waals surface area contributed by atoms with Gasteiger partial charge in [0, 0.05) is 25.6 Å². The van der Waals surface area contributed by atoms with Crippen molar-refractivity contribution in [2.45, 2.75) is 58.9 Å². The third kappa shape index (κ3) is 5.53. The van der Waals surface area contributed by atoms with E-state index < -0.39 is 0 Å². The number of hydrogen-bond acceptors (Lipinski definition) is 2. The van der Waals surface area contributed by atoms with Crippen LogP contribution in [0.3, 0.4) is 0 Å². The second kappa shape index (κ2) is 7.70. The topological polar surface area (TPSA) is 32.3 Å². The van der Waals surface area contributed by atoms with E-state index in [2.05, 4.69) is 26.1 Å². The summed E-state index contributed by atoms with van der Waals surface area (Å²) in [6.45, 7) is 9.17. The highest BCUT2D eigenvalue weighted by Crippen LogP contribution is 2.27. The number of amides is 1. The smallest absolute Gasteiger partial charge is 0.222 e. The summed E-state index contributed by atoms with van der Waals surface area (Å²) in [6, 6.07) is 0.516. The molecule has 1 aliphatic rings. The summed E-state index contributed by atoms with van der Waals surface area (Å²) in [6.07, 6.45) is 5.64. The largest absolute Gasteiger partial charge is 0.343 e. The Hall–Kier alpha value is -0.570. The average Bonchev–Trinajstić information content (AvgIpc) is 2.22. The second-order valence-electron chi connectivity index (χ2n) is 5.44. The maximum atomic E-state index is 12.0. The van der Waals surface area contributed by atoms with Gasteiger partial charge in [-0.25, -0.2) is 0 Å². The molecule has 0 aromatic rings. The van der Waals surface area contributed by atoms with Crippen LogP contribution in [-0.2, 0) is 4.79 Å². The molecule has 1 saturated carbocycles. The Morgan fingerprint density at radius 1 is 1.41 bits per heavy atom. The summed E-state index contributed by atoms with van der Waals surface area (Å²) in [5.74, 6) is 1.12.